The first kappa shape index (κ1) is 19.5. The fourth-order valence-corrected chi connectivity index (χ4v) is 4.76. The third-order valence-electron chi connectivity index (χ3n) is 4.50. The highest BCUT2D eigenvalue weighted by molar-refractivity contribution is 7.13. The molecule has 3 rings (SSSR count). The van der Waals surface area contributed by atoms with Gasteiger partial charge in [0.2, 0.25) is 5.91 Å². The van der Waals surface area contributed by atoms with Gasteiger partial charge in [0.25, 0.3) is 0 Å². The number of carboxylic acids is 1. The molecule has 7 heteroatoms. The lowest BCUT2D eigenvalue weighted by atomic mass is 10.1. The molecule has 1 N–H and O–H groups in total. The lowest BCUT2D eigenvalue weighted by Crippen LogP contribution is -2.33. The van der Waals surface area contributed by atoms with Crippen molar-refractivity contribution in [2.24, 2.45) is 0 Å². The average Bonchev–Trinajstić information content (AvgIpc) is 3.36. The van der Waals surface area contributed by atoms with Gasteiger partial charge in [0, 0.05) is 29.1 Å². The molecular formula is C20H21NO4S2. The number of hydrogen-bond acceptors (Lipinski definition) is 5. The van der Waals surface area contributed by atoms with E-state index in [1.807, 2.05) is 34.6 Å². The first-order chi connectivity index (χ1) is 13.0. The van der Waals surface area contributed by atoms with E-state index in [4.69, 9.17) is 5.11 Å². The predicted octanol–water partition coefficient (Wildman–Crippen LogP) is 3.80. The molecule has 2 aromatic rings. The maximum atomic E-state index is 12.2. The lowest BCUT2D eigenvalue weighted by Gasteiger charge is -2.22. The summed E-state index contributed by atoms with van der Waals surface area (Å²) >= 11 is 2.85. The van der Waals surface area contributed by atoms with Crippen LogP contribution in [0, 0.1) is 0 Å². The number of allylic oxidation sites excluding steroid dienone is 1. The van der Waals surface area contributed by atoms with E-state index in [1.54, 1.807) is 23.5 Å². The Morgan fingerprint density at radius 2 is 2.11 bits per heavy atom. The monoisotopic (exact) mass is 403 g/mol. The van der Waals surface area contributed by atoms with E-state index in [2.05, 4.69) is 0 Å². The quantitative estimate of drug-likeness (QED) is 0.646. The second-order valence-corrected chi connectivity index (χ2v) is 8.65. The van der Waals surface area contributed by atoms with E-state index in [0.29, 0.717) is 24.3 Å². The van der Waals surface area contributed by atoms with Gasteiger partial charge in [-0.25, -0.2) is 4.79 Å². The molecule has 1 amide bonds. The van der Waals surface area contributed by atoms with Crippen molar-refractivity contribution in [2.75, 3.05) is 6.54 Å². The van der Waals surface area contributed by atoms with E-state index in [0.717, 1.165) is 29.0 Å². The number of rotatable bonds is 9. The Balaban J connectivity index is 1.50. The van der Waals surface area contributed by atoms with Gasteiger partial charge in [-0.2, -0.15) is 0 Å². The van der Waals surface area contributed by atoms with Crippen molar-refractivity contribution in [3.05, 3.63) is 56.4 Å². The van der Waals surface area contributed by atoms with Crippen LogP contribution in [0.15, 0.2) is 41.8 Å². The van der Waals surface area contributed by atoms with Crippen molar-refractivity contribution in [2.45, 2.75) is 38.1 Å². The number of thiophene rings is 2. The predicted molar refractivity (Wildman–Crippen MR) is 107 cm³/mol. The van der Waals surface area contributed by atoms with Gasteiger partial charge >= 0.3 is 5.97 Å². The molecule has 1 atom stereocenters. The maximum Gasteiger partial charge on any atom is 0.345 e. The van der Waals surface area contributed by atoms with Crippen LogP contribution in [-0.2, 0) is 22.4 Å². The summed E-state index contributed by atoms with van der Waals surface area (Å²) in [5.41, 5.74) is 0. The molecule has 0 aliphatic carbocycles. The molecular weight excluding hydrogens is 382 g/mol. The van der Waals surface area contributed by atoms with E-state index in [-0.39, 0.29) is 17.7 Å². The molecule has 5 nitrogen and oxygen atoms in total. The topological polar surface area (TPSA) is 74.7 Å². The second-order valence-electron chi connectivity index (χ2n) is 6.45. The molecule has 1 saturated heterocycles. The highest BCUT2D eigenvalue weighted by atomic mass is 32.1. The van der Waals surface area contributed by atoms with Gasteiger partial charge in [-0.05, 0) is 48.9 Å². The van der Waals surface area contributed by atoms with Crippen molar-refractivity contribution < 1.29 is 19.5 Å². The minimum absolute atomic E-state index is 0.0253. The molecule has 2 aromatic heterocycles. The zero-order valence-electron chi connectivity index (χ0n) is 14.8. The molecule has 0 saturated carbocycles. The molecule has 1 aliphatic heterocycles. The zero-order chi connectivity index (χ0) is 19.2. The Morgan fingerprint density at radius 3 is 2.81 bits per heavy atom. The van der Waals surface area contributed by atoms with Gasteiger partial charge < -0.3 is 10.0 Å². The second kappa shape index (κ2) is 9.10. The molecule has 0 radical (unpaired) electrons. The lowest BCUT2D eigenvalue weighted by molar-refractivity contribution is -0.128. The first-order valence-corrected chi connectivity index (χ1v) is 10.6. The van der Waals surface area contributed by atoms with Crippen LogP contribution < -0.4 is 0 Å². The van der Waals surface area contributed by atoms with E-state index in [9.17, 15) is 14.4 Å². The smallest absolute Gasteiger partial charge is 0.345 e. The molecule has 0 spiro atoms. The number of carboxylic acid groups (broad SMARTS) is 1. The molecule has 0 bridgehead atoms. The molecule has 1 fully saturated rings. The Morgan fingerprint density at radius 1 is 1.26 bits per heavy atom. The largest absolute Gasteiger partial charge is 0.477 e. The van der Waals surface area contributed by atoms with E-state index >= 15 is 0 Å². The Labute approximate surface area is 165 Å². The first-order valence-electron chi connectivity index (χ1n) is 8.88. The molecule has 3 heterocycles. The summed E-state index contributed by atoms with van der Waals surface area (Å²) in [6.45, 7) is 0.618. The number of likely N-dealkylation sites (tertiary alicyclic amines) is 1. The average molecular weight is 404 g/mol. The van der Waals surface area contributed by atoms with Crippen LogP contribution in [0.25, 0.3) is 0 Å². The van der Waals surface area contributed by atoms with Crippen molar-refractivity contribution in [3.8, 4) is 0 Å². The van der Waals surface area contributed by atoms with Crippen molar-refractivity contribution in [3.63, 3.8) is 0 Å². The summed E-state index contributed by atoms with van der Waals surface area (Å²) in [5.74, 6) is -0.734. The van der Waals surface area contributed by atoms with Gasteiger partial charge in [-0.1, -0.05) is 12.1 Å². The standard InChI is InChI=1S/C20H21NO4S2/c22-15(13-17-4-2-12-26-17)7-5-14-6-10-19(23)21(14)11-1-3-16-8-9-18(27-16)20(24)25/h2,4-5,7-9,12,14H,1,3,6,10-11,13H2,(H,24,25)/t14-/m0/s1. The van der Waals surface area contributed by atoms with Gasteiger partial charge in [-0.3, -0.25) is 9.59 Å². The molecule has 1 aliphatic rings. The molecule has 142 valence electrons. The summed E-state index contributed by atoms with van der Waals surface area (Å²) in [5, 5.41) is 10.9. The van der Waals surface area contributed by atoms with Crippen LogP contribution in [0.4, 0.5) is 0 Å². The number of amides is 1. The van der Waals surface area contributed by atoms with Crippen LogP contribution >= 0.6 is 22.7 Å². The molecule has 0 aromatic carbocycles. The Hall–Kier alpha value is -2.25. The van der Waals surface area contributed by atoms with Crippen LogP contribution in [-0.4, -0.2) is 40.3 Å². The maximum absolute atomic E-state index is 12.2. The zero-order valence-corrected chi connectivity index (χ0v) is 16.4. The third kappa shape index (κ3) is 5.37. The van der Waals surface area contributed by atoms with Crippen LogP contribution in [0.3, 0.4) is 0 Å². The summed E-state index contributed by atoms with van der Waals surface area (Å²) in [7, 11) is 0. The minimum Gasteiger partial charge on any atom is -0.477 e. The number of carbonyl (C=O) groups is 3. The summed E-state index contributed by atoms with van der Waals surface area (Å²) in [6, 6.07) is 7.31. The minimum atomic E-state index is -0.904. The normalized spacial score (nSPS) is 17.1. The SMILES string of the molecule is O=C(C=C[C@H]1CCC(=O)N1CCCc1ccc(C(=O)O)s1)Cc1cccs1. The van der Waals surface area contributed by atoms with Gasteiger partial charge in [0.15, 0.2) is 5.78 Å². The van der Waals surface area contributed by atoms with Gasteiger partial charge in [0.05, 0.1) is 6.04 Å². The summed E-state index contributed by atoms with van der Waals surface area (Å²) in [4.78, 5) is 39.4. The third-order valence-corrected chi connectivity index (χ3v) is 6.51. The number of nitrogens with zero attached hydrogens (tertiary/aromatic N) is 1. The van der Waals surface area contributed by atoms with Crippen molar-refractivity contribution >= 4 is 40.3 Å². The Bertz CT molecular complexity index is 838. The summed E-state index contributed by atoms with van der Waals surface area (Å²) < 4.78 is 0. The van der Waals surface area contributed by atoms with Crippen molar-refractivity contribution in [1.82, 2.24) is 4.90 Å². The summed E-state index contributed by atoms with van der Waals surface area (Å²) in [6.07, 6.45) is 6.64. The van der Waals surface area contributed by atoms with Gasteiger partial charge in [0.1, 0.15) is 4.88 Å². The van der Waals surface area contributed by atoms with E-state index in [1.165, 1.54) is 11.3 Å². The fourth-order valence-electron chi connectivity index (χ4n) is 3.16. The fraction of sp³-hybridized carbons (Fsp3) is 0.350. The number of carbonyl (C=O) groups excluding carboxylic acids is 2. The van der Waals surface area contributed by atoms with E-state index < -0.39 is 5.97 Å². The molecule has 27 heavy (non-hydrogen) atoms. The van der Waals surface area contributed by atoms with Crippen LogP contribution in [0.5, 0.6) is 0 Å². The number of aryl methyl sites for hydroxylation is 1. The highest BCUT2D eigenvalue weighted by Gasteiger charge is 2.28. The molecule has 0 unspecified atom stereocenters. The van der Waals surface area contributed by atoms with Crippen molar-refractivity contribution in [1.29, 1.82) is 0 Å². The number of hydrogen-bond donors (Lipinski definition) is 1. The Kier molecular flexibility index (Phi) is 6.58. The number of aromatic carboxylic acids is 1. The number of ketones is 1. The highest BCUT2D eigenvalue weighted by Crippen LogP contribution is 2.22. The van der Waals surface area contributed by atoms with Crippen LogP contribution in [0.2, 0.25) is 0 Å². The van der Waals surface area contributed by atoms with Gasteiger partial charge in [-0.15, -0.1) is 22.7 Å². The van der Waals surface area contributed by atoms with Crippen LogP contribution in [0.1, 0.15) is 38.7 Å².